The molecule has 0 bridgehead atoms. The molecular formula is C17H19NO2. The van der Waals surface area contributed by atoms with Crippen LogP contribution in [0.2, 0.25) is 0 Å². The van der Waals surface area contributed by atoms with E-state index in [2.05, 4.69) is 12.1 Å². The van der Waals surface area contributed by atoms with Crippen molar-refractivity contribution in [2.45, 2.75) is 19.3 Å². The number of hydrogen-bond acceptors (Lipinski definition) is 2. The van der Waals surface area contributed by atoms with Gasteiger partial charge in [-0.2, -0.15) is 0 Å². The topological polar surface area (TPSA) is 52.3 Å². The molecule has 0 aliphatic heterocycles. The van der Waals surface area contributed by atoms with Crippen molar-refractivity contribution in [1.82, 2.24) is 0 Å². The van der Waals surface area contributed by atoms with Crippen LogP contribution in [0.4, 0.5) is 0 Å². The Kier molecular flexibility index (Phi) is 4.77. The van der Waals surface area contributed by atoms with Crippen molar-refractivity contribution in [3.63, 3.8) is 0 Å². The molecule has 104 valence electrons. The number of primary amides is 1. The number of aryl methyl sites for hydroxylation is 2. The van der Waals surface area contributed by atoms with Crippen molar-refractivity contribution >= 4 is 5.91 Å². The lowest BCUT2D eigenvalue weighted by Gasteiger charge is -2.10. The third-order valence-electron chi connectivity index (χ3n) is 3.30. The standard InChI is InChI=1S/C17H19NO2/c1-20-16-10-9-15(12-17(18)19)14(11-16)8-7-13-5-3-2-4-6-13/h2-6,9-11H,7-8,12H2,1H3,(H2,18,19). The molecule has 0 saturated carbocycles. The second-order valence-electron chi connectivity index (χ2n) is 4.76. The zero-order chi connectivity index (χ0) is 14.4. The minimum atomic E-state index is -0.309. The lowest BCUT2D eigenvalue weighted by atomic mass is 9.97. The van der Waals surface area contributed by atoms with Crippen LogP contribution in [0.5, 0.6) is 5.75 Å². The third kappa shape index (κ3) is 3.85. The van der Waals surface area contributed by atoms with Crippen LogP contribution in [0.15, 0.2) is 48.5 Å². The Morgan fingerprint density at radius 2 is 1.80 bits per heavy atom. The second-order valence-corrected chi connectivity index (χ2v) is 4.76. The maximum atomic E-state index is 11.1. The molecule has 1 amide bonds. The zero-order valence-corrected chi connectivity index (χ0v) is 11.6. The van der Waals surface area contributed by atoms with Crippen LogP contribution in [0, 0.1) is 0 Å². The predicted octanol–water partition coefficient (Wildman–Crippen LogP) is 2.51. The molecule has 2 rings (SSSR count). The molecular weight excluding hydrogens is 250 g/mol. The molecule has 2 aromatic rings. The highest BCUT2D eigenvalue weighted by Gasteiger charge is 2.07. The molecule has 3 heteroatoms. The van der Waals surface area contributed by atoms with Gasteiger partial charge in [0, 0.05) is 0 Å². The molecule has 0 aliphatic rings. The van der Waals surface area contributed by atoms with Crippen molar-refractivity contribution in [2.75, 3.05) is 7.11 Å². The second kappa shape index (κ2) is 6.75. The fraction of sp³-hybridized carbons (Fsp3) is 0.235. The summed E-state index contributed by atoms with van der Waals surface area (Å²) in [5.74, 6) is 0.498. The van der Waals surface area contributed by atoms with Crippen molar-refractivity contribution < 1.29 is 9.53 Å². The molecule has 3 nitrogen and oxygen atoms in total. The van der Waals surface area contributed by atoms with Gasteiger partial charge in [-0.25, -0.2) is 0 Å². The average Bonchev–Trinajstić information content (AvgIpc) is 2.47. The summed E-state index contributed by atoms with van der Waals surface area (Å²) in [5.41, 5.74) is 8.68. The van der Waals surface area contributed by atoms with E-state index in [-0.39, 0.29) is 12.3 Å². The van der Waals surface area contributed by atoms with Crippen LogP contribution < -0.4 is 10.5 Å². The highest BCUT2D eigenvalue weighted by Crippen LogP contribution is 2.20. The van der Waals surface area contributed by atoms with Crippen molar-refractivity contribution in [1.29, 1.82) is 0 Å². The summed E-state index contributed by atoms with van der Waals surface area (Å²) in [4.78, 5) is 11.1. The normalized spacial score (nSPS) is 10.2. The van der Waals surface area contributed by atoms with Gasteiger partial charge in [0.15, 0.2) is 0 Å². The van der Waals surface area contributed by atoms with Gasteiger partial charge in [0.1, 0.15) is 5.75 Å². The third-order valence-corrected chi connectivity index (χ3v) is 3.30. The molecule has 0 unspecified atom stereocenters. The van der Waals surface area contributed by atoms with Crippen LogP contribution in [0.25, 0.3) is 0 Å². The maximum Gasteiger partial charge on any atom is 0.221 e. The number of carbonyl (C=O) groups excluding carboxylic acids is 1. The summed E-state index contributed by atoms with van der Waals surface area (Å²) in [5, 5.41) is 0. The number of benzene rings is 2. The smallest absolute Gasteiger partial charge is 0.221 e. The Hall–Kier alpha value is -2.29. The van der Waals surface area contributed by atoms with Gasteiger partial charge in [0.25, 0.3) is 0 Å². The largest absolute Gasteiger partial charge is 0.497 e. The van der Waals surface area contributed by atoms with E-state index in [9.17, 15) is 4.79 Å². The average molecular weight is 269 g/mol. The lowest BCUT2D eigenvalue weighted by Crippen LogP contribution is -2.15. The minimum absolute atomic E-state index is 0.272. The van der Waals surface area contributed by atoms with Crippen LogP contribution in [-0.2, 0) is 24.1 Å². The van der Waals surface area contributed by atoms with Gasteiger partial charge < -0.3 is 10.5 Å². The van der Waals surface area contributed by atoms with E-state index in [4.69, 9.17) is 10.5 Å². The van der Waals surface area contributed by atoms with Gasteiger partial charge in [0.05, 0.1) is 13.5 Å². The highest BCUT2D eigenvalue weighted by atomic mass is 16.5. The van der Waals surface area contributed by atoms with E-state index in [1.165, 1.54) is 5.56 Å². The molecule has 0 atom stereocenters. The van der Waals surface area contributed by atoms with E-state index >= 15 is 0 Å². The Morgan fingerprint density at radius 1 is 1.05 bits per heavy atom. The molecule has 2 N–H and O–H groups in total. The Labute approximate surface area is 119 Å². The molecule has 0 spiro atoms. The van der Waals surface area contributed by atoms with E-state index in [0.717, 1.165) is 29.7 Å². The van der Waals surface area contributed by atoms with Gasteiger partial charge in [0.2, 0.25) is 5.91 Å². The van der Waals surface area contributed by atoms with Gasteiger partial charge in [-0.05, 0) is 41.7 Å². The monoisotopic (exact) mass is 269 g/mol. The fourth-order valence-electron chi connectivity index (χ4n) is 2.25. The van der Waals surface area contributed by atoms with Crippen LogP contribution in [0.3, 0.4) is 0 Å². The van der Waals surface area contributed by atoms with E-state index in [1.807, 2.05) is 36.4 Å². The number of methoxy groups -OCH3 is 1. The molecule has 0 heterocycles. The zero-order valence-electron chi connectivity index (χ0n) is 11.6. The van der Waals surface area contributed by atoms with Gasteiger partial charge >= 0.3 is 0 Å². The summed E-state index contributed by atoms with van der Waals surface area (Å²) >= 11 is 0. The number of hydrogen-bond donors (Lipinski definition) is 1. The summed E-state index contributed by atoms with van der Waals surface area (Å²) in [6.07, 6.45) is 2.07. The molecule has 0 fully saturated rings. The van der Waals surface area contributed by atoms with Gasteiger partial charge in [-0.1, -0.05) is 36.4 Å². The van der Waals surface area contributed by atoms with E-state index in [1.54, 1.807) is 7.11 Å². The summed E-state index contributed by atoms with van der Waals surface area (Å²) in [7, 11) is 1.64. The van der Waals surface area contributed by atoms with Crippen LogP contribution in [0.1, 0.15) is 16.7 Å². The summed E-state index contributed by atoms with van der Waals surface area (Å²) < 4.78 is 5.25. The molecule has 0 radical (unpaired) electrons. The summed E-state index contributed by atoms with van der Waals surface area (Å²) in [6.45, 7) is 0. The number of amides is 1. The fourth-order valence-corrected chi connectivity index (χ4v) is 2.25. The lowest BCUT2D eigenvalue weighted by molar-refractivity contribution is -0.117. The number of rotatable bonds is 6. The van der Waals surface area contributed by atoms with Crippen LogP contribution >= 0.6 is 0 Å². The SMILES string of the molecule is COc1ccc(CC(N)=O)c(CCc2ccccc2)c1. The first-order chi connectivity index (χ1) is 9.69. The quantitative estimate of drug-likeness (QED) is 0.876. The molecule has 0 saturated heterocycles. The summed E-state index contributed by atoms with van der Waals surface area (Å²) in [6, 6.07) is 16.1. The Morgan fingerprint density at radius 3 is 2.45 bits per heavy atom. The van der Waals surface area contributed by atoms with Crippen molar-refractivity contribution in [3.8, 4) is 5.75 Å². The van der Waals surface area contributed by atoms with Crippen molar-refractivity contribution in [3.05, 3.63) is 65.2 Å². The number of ether oxygens (including phenoxy) is 1. The number of carbonyl (C=O) groups is 1. The Balaban J connectivity index is 2.17. The first-order valence-corrected chi connectivity index (χ1v) is 6.67. The number of nitrogens with two attached hydrogens (primary N) is 1. The van der Waals surface area contributed by atoms with E-state index < -0.39 is 0 Å². The van der Waals surface area contributed by atoms with Crippen LogP contribution in [-0.4, -0.2) is 13.0 Å². The first kappa shape index (κ1) is 14.1. The molecule has 0 aromatic heterocycles. The van der Waals surface area contributed by atoms with Gasteiger partial charge in [-0.3, -0.25) is 4.79 Å². The van der Waals surface area contributed by atoms with Gasteiger partial charge in [-0.15, -0.1) is 0 Å². The minimum Gasteiger partial charge on any atom is -0.497 e. The predicted molar refractivity (Wildman–Crippen MR) is 79.7 cm³/mol. The molecule has 20 heavy (non-hydrogen) atoms. The first-order valence-electron chi connectivity index (χ1n) is 6.67. The Bertz CT molecular complexity index is 579. The maximum absolute atomic E-state index is 11.1. The molecule has 2 aromatic carbocycles. The highest BCUT2D eigenvalue weighted by molar-refractivity contribution is 5.77. The van der Waals surface area contributed by atoms with E-state index in [0.29, 0.717) is 0 Å². The van der Waals surface area contributed by atoms with Crippen molar-refractivity contribution in [2.24, 2.45) is 5.73 Å². The molecule has 0 aliphatic carbocycles.